The zero-order chi connectivity index (χ0) is 14.7. The third-order valence-electron chi connectivity index (χ3n) is 3.58. The second-order valence-corrected chi connectivity index (χ2v) is 4.81. The Morgan fingerprint density at radius 3 is 2.70 bits per heavy atom. The number of hydrogen-bond donors (Lipinski definition) is 0. The highest BCUT2D eigenvalue weighted by Gasteiger charge is 2.25. The number of nitro groups is 1. The summed E-state index contributed by atoms with van der Waals surface area (Å²) in [5.74, 6) is 0.685. The Balaban J connectivity index is 2.25. The van der Waals surface area contributed by atoms with Gasteiger partial charge in [0, 0.05) is 32.0 Å². The smallest absolute Gasteiger partial charge is 0.289 e. The van der Waals surface area contributed by atoms with Crippen molar-refractivity contribution < 1.29 is 9.72 Å². The van der Waals surface area contributed by atoms with Crippen molar-refractivity contribution in [2.75, 3.05) is 11.9 Å². The van der Waals surface area contributed by atoms with E-state index in [9.17, 15) is 14.9 Å². The number of rotatable bonds is 3. The summed E-state index contributed by atoms with van der Waals surface area (Å²) in [6.07, 6.45) is 3.66. The van der Waals surface area contributed by atoms with Crippen LogP contribution in [0.3, 0.4) is 0 Å². The molecule has 104 valence electrons. The van der Waals surface area contributed by atoms with Crippen LogP contribution in [0.4, 0.5) is 11.5 Å². The van der Waals surface area contributed by atoms with Crippen LogP contribution in [-0.4, -0.2) is 28.8 Å². The van der Waals surface area contributed by atoms with Gasteiger partial charge >= 0.3 is 0 Å². The lowest BCUT2D eigenvalue weighted by Crippen LogP contribution is -2.36. The number of nitrogens with zero attached hydrogens (tertiary/aromatic N) is 4. The summed E-state index contributed by atoms with van der Waals surface area (Å²) < 4.78 is 0. The molecule has 7 nitrogen and oxygen atoms in total. The minimum absolute atomic E-state index is 0.133. The number of nitriles is 1. The second-order valence-electron chi connectivity index (χ2n) is 4.81. The molecule has 1 aliphatic rings. The van der Waals surface area contributed by atoms with Crippen molar-refractivity contribution in [2.45, 2.75) is 31.7 Å². The lowest BCUT2D eigenvalue weighted by atomic mass is 9.93. The number of anilines is 1. The quantitative estimate of drug-likeness (QED) is 0.615. The van der Waals surface area contributed by atoms with Crippen molar-refractivity contribution in [3.63, 3.8) is 0 Å². The molecule has 1 heterocycles. The first-order chi connectivity index (χ1) is 9.52. The van der Waals surface area contributed by atoms with Gasteiger partial charge in [0.15, 0.2) is 0 Å². The van der Waals surface area contributed by atoms with Crippen molar-refractivity contribution in [3.8, 4) is 6.07 Å². The molecule has 0 saturated heterocycles. The Kier molecular flexibility index (Phi) is 3.94. The Morgan fingerprint density at radius 2 is 2.15 bits per heavy atom. The summed E-state index contributed by atoms with van der Waals surface area (Å²) in [6.45, 7) is 0. The molecular formula is C13H14N4O3. The van der Waals surface area contributed by atoms with Crippen LogP contribution in [0.1, 0.15) is 31.2 Å². The van der Waals surface area contributed by atoms with Gasteiger partial charge in [0.25, 0.3) is 5.69 Å². The van der Waals surface area contributed by atoms with Gasteiger partial charge in [-0.05, 0) is 12.8 Å². The number of carbonyl (C=O) groups is 1. The first-order valence-electron chi connectivity index (χ1n) is 6.32. The highest BCUT2D eigenvalue weighted by molar-refractivity contribution is 5.79. The van der Waals surface area contributed by atoms with Crippen LogP contribution in [0.25, 0.3) is 0 Å². The van der Waals surface area contributed by atoms with E-state index in [2.05, 4.69) is 4.98 Å². The number of ketones is 1. The molecule has 0 spiro atoms. The van der Waals surface area contributed by atoms with Gasteiger partial charge < -0.3 is 4.90 Å². The van der Waals surface area contributed by atoms with E-state index in [0.717, 1.165) is 19.0 Å². The first kappa shape index (κ1) is 13.9. The van der Waals surface area contributed by atoms with Gasteiger partial charge in [0.1, 0.15) is 29.4 Å². The maximum atomic E-state index is 11.2. The number of aromatic nitrogens is 1. The summed E-state index contributed by atoms with van der Waals surface area (Å²) in [5, 5.41) is 19.8. The molecule has 20 heavy (non-hydrogen) atoms. The fraction of sp³-hybridized carbons (Fsp3) is 0.462. The number of hydrogen-bond acceptors (Lipinski definition) is 6. The van der Waals surface area contributed by atoms with Crippen LogP contribution in [0.2, 0.25) is 0 Å². The summed E-state index contributed by atoms with van der Waals surface area (Å²) in [6, 6.07) is 3.31. The minimum atomic E-state index is -0.573. The number of Topliss-reactive ketones (excluding diaryl/α,β-unsaturated/α-hetero) is 1. The molecule has 0 amide bonds. The van der Waals surface area contributed by atoms with Gasteiger partial charge in [0.05, 0.1) is 4.92 Å². The van der Waals surface area contributed by atoms with Crippen molar-refractivity contribution in [1.29, 1.82) is 5.26 Å². The van der Waals surface area contributed by atoms with Crippen LogP contribution < -0.4 is 4.90 Å². The molecule has 0 N–H and O–H groups in total. The van der Waals surface area contributed by atoms with Gasteiger partial charge in [0.2, 0.25) is 0 Å². The monoisotopic (exact) mass is 274 g/mol. The second kappa shape index (κ2) is 5.65. The summed E-state index contributed by atoms with van der Waals surface area (Å²) in [4.78, 5) is 27.3. The Labute approximate surface area is 116 Å². The molecule has 1 saturated carbocycles. The van der Waals surface area contributed by atoms with E-state index in [0.29, 0.717) is 18.7 Å². The van der Waals surface area contributed by atoms with Crippen LogP contribution in [0, 0.1) is 21.4 Å². The van der Waals surface area contributed by atoms with E-state index < -0.39 is 4.92 Å². The molecule has 7 heteroatoms. The maximum Gasteiger partial charge on any atom is 0.289 e. The van der Waals surface area contributed by atoms with Gasteiger partial charge in [-0.15, -0.1) is 0 Å². The zero-order valence-electron chi connectivity index (χ0n) is 11.1. The van der Waals surface area contributed by atoms with E-state index in [1.165, 1.54) is 6.07 Å². The van der Waals surface area contributed by atoms with Crippen molar-refractivity contribution >= 4 is 17.3 Å². The third kappa shape index (κ3) is 2.74. The lowest BCUT2D eigenvalue weighted by molar-refractivity contribution is -0.385. The molecule has 0 aliphatic heterocycles. The molecular weight excluding hydrogens is 260 g/mol. The van der Waals surface area contributed by atoms with Crippen molar-refractivity contribution in [3.05, 3.63) is 27.9 Å². The van der Waals surface area contributed by atoms with Crippen LogP contribution in [0.15, 0.2) is 12.3 Å². The fourth-order valence-electron chi connectivity index (χ4n) is 2.39. The van der Waals surface area contributed by atoms with E-state index >= 15 is 0 Å². The van der Waals surface area contributed by atoms with Crippen molar-refractivity contribution in [2.24, 2.45) is 0 Å². The van der Waals surface area contributed by atoms with Crippen LogP contribution in [0.5, 0.6) is 0 Å². The topological polar surface area (TPSA) is 100 Å². The zero-order valence-corrected chi connectivity index (χ0v) is 11.1. The fourth-order valence-corrected chi connectivity index (χ4v) is 2.39. The summed E-state index contributed by atoms with van der Waals surface area (Å²) >= 11 is 0. The standard InChI is InChI=1S/C13H14N4O3/c1-16(10-2-4-12(18)5-3-10)13-9(7-14)6-11(8-15-13)17(19)20/h6,8,10H,2-5H2,1H3. The Morgan fingerprint density at radius 1 is 1.50 bits per heavy atom. The van der Waals surface area contributed by atoms with E-state index in [1.54, 1.807) is 7.05 Å². The third-order valence-corrected chi connectivity index (χ3v) is 3.58. The average molecular weight is 274 g/mol. The number of pyridine rings is 1. The molecule has 0 bridgehead atoms. The normalized spacial score (nSPS) is 15.7. The number of carbonyl (C=O) groups excluding carboxylic acids is 1. The molecule has 0 aromatic carbocycles. The van der Waals surface area contributed by atoms with Gasteiger partial charge in [-0.2, -0.15) is 5.26 Å². The van der Waals surface area contributed by atoms with E-state index in [-0.39, 0.29) is 23.1 Å². The van der Waals surface area contributed by atoms with Crippen LogP contribution in [-0.2, 0) is 4.79 Å². The molecule has 0 unspecified atom stereocenters. The predicted molar refractivity (Wildman–Crippen MR) is 71.3 cm³/mol. The SMILES string of the molecule is CN(c1ncc([N+](=O)[O-])cc1C#N)C1CCC(=O)CC1. The lowest BCUT2D eigenvalue weighted by Gasteiger charge is -2.31. The molecule has 1 aromatic rings. The Bertz CT molecular complexity index is 584. The molecule has 0 radical (unpaired) electrons. The van der Waals surface area contributed by atoms with Gasteiger partial charge in [-0.25, -0.2) is 4.98 Å². The van der Waals surface area contributed by atoms with E-state index in [1.807, 2.05) is 11.0 Å². The van der Waals surface area contributed by atoms with Crippen LogP contribution >= 0.6 is 0 Å². The minimum Gasteiger partial charge on any atom is -0.356 e. The summed E-state index contributed by atoms with van der Waals surface area (Å²) in [7, 11) is 1.80. The maximum absolute atomic E-state index is 11.2. The molecule has 0 atom stereocenters. The van der Waals surface area contributed by atoms with E-state index in [4.69, 9.17) is 5.26 Å². The predicted octanol–water partition coefficient (Wildman–Crippen LogP) is 1.81. The summed E-state index contributed by atoms with van der Waals surface area (Å²) in [5.41, 5.74) is -0.0175. The molecule has 1 fully saturated rings. The van der Waals surface area contributed by atoms with Gasteiger partial charge in [-0.3, -0.25) is 14.9 Å². The first-order valence-corrected chi connectivity index (χ1v) is 6.32. The van der Waals surface area contributed by atoms with Crippen molar-refractivity contribution in [1.82, 2.24) is 4.98 Å². The molecule has 1 aromatic heterocycles. The van der Waals surface area contributed by atoms with Gasteiger partial charge in [-0.1, -0.05) is 0 Å². The largest absolute Gasteiger partial charge is 0.356 e. The Hall–Kier alpha value is -2.49. The average Bonchev–Trinajstić information content (AvgIpc) is 2.46. The molecule has 2 rings (SSSR count). The highest BCUT2D eigenvalue weighted by Crippen LogP contribution is 2.27. The molecule has 1 aliphatic carbocycles. The highest BCUT2D eigenvalue weighted by atomic mass is 16.6.